The molecule has 1 amide bonds. The van der Waals surface area contributed by atoms with Gasteiger partial charge in [0, 0.05) is 23.8 Å². The molecule has 114 valence electrons. The molecular weight excluding hydrogens is 310 g/mol. The van der Waals surface area contributed by atoms with Crippen molar-refractivity contribution < 1.29 is 14.4 Å². The quantitative estimate of drug-likeness (QED) is 0.668. The van der Waals surface area contributed by atoms with Crippen LogP contribution in [0.5, 0.6) is 0 Å². The van der Waals surface area contributed by atoms with Crippen molar-refractivity contribution in [2.45, 2.75) is 13.0 Å². The van der Waals surface area contributed by atoms with Crippen molar-refractivity contribution in [3.05, 3.63) is 29.4 Å². The lowest BCUT2D eigenvalue weighted by Crippen LogP contribution is -2.35. The lowest BCUT2D eigenvalue weighted by Gasteiger charge is -2.07. The molecule has 1 atom stereocenters. The molecular formula is C13H12ClN5O3. The number of pyridine rings is 1. The summed E-state index contributed by atoms with van der Waals surface area (Å²) >= 11 is 6.30. The third-order valence-electron chi connectivity index (χ3n) is 3.03. The van der Waals surface area contributed by atoms with Gasteiger partial charge >= 0.3 is 11.8 Å². The summed E-state index contributed by atoms with van der Waals surface area (Å²) in [5, 5.41) is 16.3. The number of hydrogen-bond acceptors (Lipinski definition) is 6. The molecule has 3 N–H and O–H groups in total. The summed E-state index contributed by atoms with van der Waals surface area (Å²) in [6.07, 6.45) is 3.22. The smallest absolute Gasteiger partial charge is 0.316 e. The average molecular weight is 322 g/mol. The number of carbonyl (C=O) groups is 1. The van der Waals surface area contributed by atoms with Crippen LogP contribution >= 0.6 is 11.6 Å². The van der Waals surface area contributed by atoms with Crippen LogP contribution in [0.2, 0.25) is 5.02 Å². The zero-order valence-electron chi connectivity index (χ0n) is 11.5. The normalized spacial score (nSPS) is 12.5. The predicted octanol–water partition coefficient (Wildman–Crippen LogP) is 1.38. The summed E-state index contributed by atoms with van der Waals surface area (Å²) in [5.74, 6) is -0.602. The van der Waals surface area contributed by atoms with E-state index in [2.05, 4.69) is 25.4 Å². The Labute approximate surface area is 129 Å². The number of carbonyl (C=O) groups excluding carboxylic acids is 1. The van der Waals surface area contributed by atoms with Gasteiger partial charge in [0.15, 0.2) is 0 Å². The first-order valence-corrected chi connectivity index (χ1v) is 6.85. The summed E-state index contributed by atoms with van der Waals surface area (Å²) in [5.41, 5.74) is 1.11. The molecule has 0 saturated carbocycles. The van der Waals surface area contributed by atoms with Gasteiger partial charge in [0.05, 0.1) is 17.2 Å². The first kappa shape index (κ1) is 14.5. The molecule has 0 fully saturated rings. The van der Waals surface area contributed by atoms with Crippen molar-refractivity contribution in [1.29, 1.82) is 0 Å². The molecule has 0 saturated heterocycles. The Bertz CT molecular complexity index is 828. The van der Waals surface area contributed by atoms with Crippen molar-refractivity contribution in [1.82, 2.24) is 25.4 Å². The number of nitrogens with one attached hydrogen (secondary N) is 2. The molecule has 9 heteroatoms. The molecule has 22 heavy (non-hydrogen) atoms. The van der Waals surface area contributed by atoms with Crippen LogP contribution in [0.25, 0.3) is 22.4 Å². The maximum atomic E-state index is 11.8. The molecule has 0 aliphatic carbocycles. The summed E-state index contributed by atoms with van der Waals surface area (Å²) in [7, 11) is 0. The maximum absolute atomic E-state index is 11.8. The van der Waals surface area contributed by atoms with Gasteiger partial charge in [-0.15, -0.1) is 0 Å². The second kappa shape index (κ2) is 5.74. The minimum atomic E-state index is -0.563. The fraction of sp³-hybridized carbons (Fsp3) is 0.231. The van der Waals surface area contributed by atoms with Crippen LogP contribution in [0.1, 0.15) is 17.6 Å². The van der Waals surface area contributed by atoms with Crippen LogP contribution in [-0.2, 0) is 0 Å². The molecule has 0 aliphatic rings. The summed E-state index contributed by atoms with van der Waals surface area (Å²) < 4.78 is 4.93. The maximum Gasteiger partial charge on any atom is 0.316 e. The second-order valence-electron chi connectivity index (χ2n) is 4.71. The van der Waals surface area contributed by atoms with Gasteiger partial charge in [-0.3, -0.25) is 4.79 Å². The van der Waals surface area contributed by atoms with Gasteiger partial charge in [0.2, 0.25) is 5.82 Å². The number of hydrogen-bond donors (Lipinski definition) is 3. The van der Waals surface area contributed by atoms with Gasteiger partial charge in [-0.25, -0.2) is 4.98 Å². The Morgan fingerprint density at radius 3 is 3.18 bits per heavy atom. The zero-order chi connectivity index (χ0) is 15.7. The summed E-state index contributed by atoms with van der Waals surface area (Å²) in [6.45, 7) is 1.46. The molecule has 3 aromatic rings. The molecule has 0 aliphatic heterocycles. The van der Waals surface area contributed by atoms with E-state index in [0.29, 0.717) is 16.2 Å². The molecule has 0 aromatic carbocycles. The van der Waals surface area contributed by atoms with Gasteiger partial charge in [0.25, 0.3) is 0 Å². The average Bonchev–Trinajstić information content (AvgIpc) is 3.16. The summed E-state index contributed by atoms with van der Waals surface area (Å²) in [4.78, 5) is 23.0. The first-order valence-electron chi connectivity index (χ1n) is 6.47. The number of nitrogens with zero attached hydrogens (tertiary/aromatic N) is 3. The number of aromatic nitrogens is 4. The highest BCUT2D eigenvalue weighted by molar-refractivity contribution is 6.37. The van der Waals surface area contributed by atoms with Crippen LogP contribution in [0, 0.1) is 0 Å². The third-order valence-corrected chi connectivity index (χ3v) is 3.44. The van der Waals surface area contributed by atoms with E-state index in [4.69, 9.17) is 21.2 Å². The number of halogens is 1. The number of aliphatic hydroxyl groups excluding tert-OH is 1. The largest absolute Gasteiger partial charge is 0.394 e. The van der Waals surface area contributed by atoms with Crippen molar-refractivity contribution in [2.75, 3.05) is 6.61 Å². The molecule has 3 rings (SSSR count). The van der Waals surface area contributed by atoms with Crippen LogP contribution < -0.4 is 5.32 Å². The number of H-pyrrole nitrogens is 1. The molecule has 0 unspecified atom stereocenters. The molecule has 3 heterocycles. The second-order valence-corrected chi connectivity index (χ2v) is 5.08. The van der Waals surface area contributed by atoms with Gasteiger partial charge in [-0.1, -0.05) is 16.8 Å². The minimum Gasteiger partial charge on any atom is -0.394 e. The Morgan fingerprint density at radius 1 is 1.59 bits per heavy atom. The molecule has 3 aromatic heterocycles. The van der Waals surface area contributed by atoms with Crippen LogP contribution in [0.3, 0.4) is 0 Å². The van der Waals surface area contributed by atoms with E-state index in [1.165, 1.54) is 6.20 Å². The van der Waals surface area contributed by atoms with Crippen molar-refractivity contribution in [3.63, 3.8) is 0 Å². The lowest BCUT2D eigenvalue weighted by molar-refractivity contribution is 0.0878. The van der Waals surface area contributed by atoms with Gasteiger partial charge < -0.3 is 19.9 Å². The van der Waals surface area contributed by atoms with E-state index in [-0.39, 0.29) is 18.3 Å². The van der Waals surface area contributed by atoms with Crippen LogP contribution in [0.4, 0.5) is 0 Å². The zero-order valence-corrected chi connectivity index (χ0v) is 12.3. The number of aliphatic hydroxyl groups is 1. The van der Waals surface area contributed by atoms with E-state index in [1.54, 1.807) is 19.2 Å². The monoisotopic (exact) mass is 321 g/mol. The van der Waals surface area contributed by atoms with E-state index < -0.39 is 11.9 Å². The molecule has 0 bridgehead atoms. The SMILES string of the molecule is C[C@@H](CO)NC(=O)c1nc(-c2cnc3[nH]ccc3c2Cl)no1. The van der Waals surface area contributed by atoms with E-state index in [0.717, 1.165) is 5.39 Å². The highest BCUT2D eigenvalue weighted by atomic mass is 35.5. The fourth-order valence-corrected chi connectivity index (χ4v) is 2.17. The van der Waals surface area contributed by atoms with E-state index in [9.17, 15) is 4.79 Å². The number of rotatable bonds is 4. The Balaban J connectivity index is 1.92. The Hall–Kier alpha value is -2.45. The summed E-state index contributed by atoms with van der Waals surface area (Å²) in [6, 6.07) is 1.37. The van der Waals surface area contributed by atoms with Crippen LogP contribution in [-0.4, -0.2) is 43.8 Å². The van der Waals surface area contributed by atoms with Gasteiger partial charge in [-0.05, 0) is 13.0 Å². The van der Waals surface area contributed by atoms with Crippen LogP contribution in [0.15, 0.2) is 23.0 Å². The number of aromatic amines is 1. The van der Waals surface area contributed by atoms with Crippen molar-refractivity contribution in [3.8, 4) is 11.4 Å². The van der Waals surface area contributed by atoms with Gasteiger partial charge in [-0.2, -0.15) is 4.98 Å². The number of amides is 1. The Morgan fingerprint density at radius 2 is 2.41 bits per heavy atom. The lowest BCUT2D eigenvalue weighted by atomic mass is 10.2. The molecule has 0 radical (unpaired) electrons. The standard InChI is InChI=1S/C13H12ClN5O3/c1-6(5-20)17-12(21)13-18-11(19-22-13)8-4-16-10-7(9(8)14)2-3-15-10/h2-4,6,20H,5H2,1H3,(H,15,16)(H,17,21)/t6-/m0/s1. The number of fused-ring (bicyclic) bond motifs is 1. The minimum absolute atomic E-state index is 0.169. The first-order chi connectivity index (χ1) is 10.6. The van der Waals surface area contributed by atoms with Crippen molar-refractivity contribution >= 4 is 28.5 Å². The molecule has 8 nitrogen and oxygen atoms in total. The molecule has 0 spiro atoms. The Kier molecular flexibility index (Phi) is 3.78. The van der Waals surface area contributed by atoms with Crippen molar-refractivity contribution in [2.24, 2.45) is 0 Å². The highest BCUT2D eigenvalue weighted by Crippen LogP contribution is 2.30. The highest BCUT2D eigenvalue weighted by Gasteiger charge is 2.20. The van der Waals surface area contributed by atoms with E-state index >= 15 is 0 Å². The third kappa shape index (κ3) is 2.53. The topological polar surface area (TPSA) is 117 Å². The predicted molar refractivity (Wildman–Crippen MR) is 78.4 cm³/mol. The van der Waals surface area contributed by atoms with Gasteiger partial charge in [0.1, 0.15) is 5.65 Å². The fourth-order valence-electron chi connectivity index (χ4n) is 1.89. The van der Waals surface area contributed by atoms with E-state index in [1.807, 2.05) is 0 Å².